The molecule has 0 radical (unpaired) electrons. The van der Waals surface area contributed by atoms with E-state index in [4.69, 9.17) is 0 Å². The van der Waals surface area contributed by atoms with Crippen LogP contribution >= 0.6 is 0 Å². The molecule has 0 N–H and O–H groups in total. The lowest BCUT2D eigenvalue weighted by Crippen LogP contribution is -2.20. The Morgan fingerprint density at radius 1 is 0.491 bits per heavy atom. The molecule has 0 saturated heterocycles. The first kappa shape index (κ1) is 33.4. The van der Waals surface area contributed by atoms with Gasteiger partial charge in [-0.05, 0) is 117 Å². The molecule has 0 atom stereocenters. The van der Waals surface area contributed by atoms with Gasteiger partial charge >= 0.3 is 0 Å². The zero-order chi connectivity index (χ0) is 38.1. The number of para-hydroxylation sites is 2. The molecule has 9 aromatic rings. The highest BCUT2D eigenvalue weighted by Gasteiger charge is 2.36. The van der Waals surface area contributed by atoms with E-state index in [1.807, 2.05) is 0 Å². The highest BCUT2D eigenvalue weighted by atomic mass is 15.1. The van der Waals surface area contributed by atoms with Crippen LogP contribution in [0.15, 0.2) is 200 Å². The summed E-state index contributed by atoms with van der Waals surface area (Å²) in [6.07, 6.45) is 6.62. The monoisotopic (exact) mass is 730 g/mol. The Morgan fingerprint density at radius 3 is 1.96 bits per heavy atom. The van der Waals surface area contributed by atoms with Crippen LogP contribution in [0.1, 0.15) is 43.4 Å². The zero-order valence-electron chi connectivity index (χ0n) is 32.3. The predicted octanol–water partition coefficient (Wildman–Crippen LogP) is 14.8. The van der Waals surface area contributed by atoms with Gasteiger partial charge in [-0.2, -0.15) is 0 Å². The lowest BCUT2D eigenvalue weighted by atomic mass is 9.82. The van der Waals surface area contributed by atoms with Crippen molar-refractivity contribution in [2.24, 2.45) is 0 Å². The minimum Gasteiger partial charge on any atom is -0.314 e. The van der Waals surface area contributed by atoms with Gasteiger partial charge in [0, 0.05) is 44.3 Å². The summed E-state index contributed by atoms with van der Waals surface area (Å²) < 4.78 is 2.50. The fourth-order valence-corrected chi connectivity index (χ4v) is 9.81. The summed E-state index contributed by atoms with van der Waals surface area (Å²) in [5, 5.41) is 5.12. The highest BCUT2D eigenvalue weighted by molar-refractivity contribution is 6.26. The van der Waals surface area contributed by atoms with Crippen molar-refractivity contribution >= 4 is 49.5 Å². The van der Waals surface area contributed by atoms with Crippen molar-refractivity contribution in [3.63, 3.8) is 0 Å². The third kappa shape index (κ3) is 5.25. The Balaban J connectivity index is 1.11. The van der Waals surface area contributed by atoms with Crippen LogP contribution in [0, 0.1) is 0 Å². The number of aromatic nitrogens is 1. The molecule has 8 aromatic carbocycles. The van der Waals surface area contributed by atoms with E-state index >= 15 is 0 Å². The van der Waals surface area contributed by atoms with Crippen LogP contribution in [-0.4, -0.2) is 4.57 Å². The zero-order valence-corrected chi connectivity index (χ0v) is 32.3. The second kappa shape index (κ2) is 13.1. The van der Waals surface area contributed by atoms with Crippen LogP contribution in [0.3, 0.4) is 0 Å². The first-order valence-corrected chi connectivity index (χ1v) is 20.2. The smallest absolute Gasteiger partial charge is 0.0625 e. The number of hydrogen-bond donors (Lipinski definition) is 0. The second-order valence-electron chi connectivity index (χ2n) is 16.0. The van der Waals surface area contributed by atoms with Gasteiger partial charge in [0.25, 0.3) is 0 Å². The molecule has 57 heavy (non-hydrogen) atoms. The van der Waals surface area contributed by atoms with Crippen LogP contribution in [0.5, 0.6) is 0 Å². The first-order valence-electron chi connectivity index (χ1n) is 20.2. The quantitative estimate of drug-likeness (QED) is 0.165. The van der Waals surface area contributed by atoms with Gasteiger partial charge in [-0.3, -0.25) is 0 Å². The van der Waals surface area contributed by atoms with E-state index in [1.54, 1.807) is 0 Å². The molecular formula is C55H42N2. The van der Waals surface area contributed by atoms with Crippen LogP contribution < -0.4 is 4.90 Å². The molecule has 2 nitrogen and oxygen atoms in total. The van der Waals surface area contributed by atoms with Gasteiger partial charge in [-0.1, -0.05) is 153 Å². The lowest BCUT2D eigenvalue weighted by molar-refractivity contribution is 0.660. The normalized spacial score (nSPS) is 14.4. The van der Waals surface area contributed by atoms with Gasteiger partial charge in [0.2, 0.25) is 0 Å². The van der Waals surface area contributed by atoms with Gasteiger partial charge in [0.05, 0.1) is 11.0 Å². The van der Waals surface area contributed by atoms with Crippen LogP contribution in [0.25, 0.3) is 66.1 Å². The van der Waals surface area contributed by atoms with Crippen LogP contribution in [0.4, 0.5) is 11.4 Å². The molecule has 0 bridgehead atoms. The molecule has 0 spiro atoms. The van der Waals surface area contributed by atoms with Crippen molar-refractivity contribution < 1.29 is 0 Å². The standard InChI is InChI=1S/C55H42N2/c1-55(2)49-27-15-14-25-46(49)47-34-33-43(36-50(47)55)56(40-20-8-4-9-21-40)42-31-29-38(30-32-42)44-26-16-28-51-52(44)53-48(37-17-6-3-7-18-37)35-39-19-12-13-24-45(39)54(53)57(51)41-22-10-5-11-23-41/h3-29,31,33-36H,30,32H2,1-2H3. The summed E-state index contributed by atoms with van der Waals surface area (Å²) >= 11 is 0. The van der Waals surface area contributed by atoms with Crippen molar-refractivity contribution in [1.82, 2.24) is 4.57 Å². The van der Waals surface area contributed by atoms with Crippen molar-refractivity contribution in [1.29, 1.82) is 0 Å². The SMILES string of the molecule is CC1(C)c2ccccc2-c2ccc(N(C3=CC=C(c4cccc5c4c4c(-c6ccccc6)cc6ccccc6c4n5-c4ccccc4)CC3)c3ccccc3)cc21. The number of allylic oxidation sites excluding steroid dienone is 4. The number of rotatable bonds is 6. The van der Waals surface area contributed by atoms with Crippen LogP contribution in [-0.2, 0) is 5.41 Å². The van der Waals surface area contributed by atoms with Crippen molar-refractivity contribution in [2.75, 3.05) is 4.90 Å². The van der Waals surface area contributed by atoms with Gasteiger partial charge in [0.1, 0.15) is 0 Å². The van der Waals surface area contributed by atoms with E-state index in [0.29, 0.717) is 0 Å². The fraction of sp³-hybridized carbons (Fsp3) is 0.0909. The Bertz CT molecular complexity index is 3070. The Labute approximate surface area is 334 Å². The molecule has 1 heterocycles. The van der Waals surface area contributed by atoms with E-state index in [9.17, 15) is 0 Å². The van der Waals surface area contributed by atoms with E-state index in [2.05, 4.69) is 217 Å². The van der Waals surface area contributed by atoms with Gasteiger partial charge in [-0.25, -0.2) is 0 Å². The molecule has 0 unspecified atom stereocenters. The largest absolute Gasteiger partial charge is 0.314 e. The van der Waals surface area contributed by atoms with E-state index < -0.39 is 0 Å². The molecule has 0 aliphatic heterocycles. The number of fused-ring (bicyclic) bond motifs is 8. The average Bonchev–Trinajstić information content (AvgIpc) is 3.74. The predicted molar refractivity (Wildman–Crippen MR) is 242 cm³/mol. The Morgan fingerprint density at radius 2 is 1.18 bits per heavy atom. The maximum Gasteiger partial charge on any atom is 0.0625 e. The summed E-state index contributed by atoms with van der Waals surface area (Å²) in [4.78, 5) is 2.48. The molecule has 2 aliphatic carbocycles. The minimum absolute atomic E-state index is 0.0696. The molecule has 11 rings (SSSR count). The first-order chi connectivity index (χ1) is 28.1. The van der Waals surface area contributed by atoms with Gasteiger partial charge in [0.15, 0.2) is 0 Å². The molecule has 2 aliphatic rings. The lowest BCUT2D eigenvalue weighted by Gasteiger charge is -2.31. The summed E-state index contributed by atoms with van der Waals surface area (Å²) in [6.45, 7) is 4.73. The maximum atomic E-state index is 2.50. The van der Waals surface area contributed by atoms with Crippen LogP contribution in [0.2, 0.25) is 0 Å². The molecule has 2 heteroatoms. The number of hydrogen-bond acceptors (Lipinski definition) is 1. The number of benzene rings is 8. The van der Waals surface area contributed by atoms with E-state index in [1.165, 1.54) is 99.9 Å². The molecule has 0 saturated carbocycles. The molecule has 1 aromatic heterocycles. The topological polar surface area (TPSA) is 8.17 Å². The fourth-order valence-electron chi connectivity index (χ4n) is 9.81. The molecular weight excluding hydrogens is 689 g/mol. The third-order valence-electron chi connectivity index (χ3n) is 12.5. The summed E-state index contributed by atoms with van der Waals surface area (Å²) in [7, 11) is 0. The third-order valence-corrected chi connectivity index (χ3v) is 12.5. The Kier molecular flexibility index (Phi) is 7.69. The van der Waals surface area contributed by atoms with E-state index in [-0.39, 0.29) is 5.41 Å². The molecule has 272 valence electrons. The second-order valence-corrected chi connectivity index (χ2v) is 16.0. The average molecular weight is 731 g/mol. The van der Waals surface area contributed by atoms with Gasteiger partial charge < -0.3 is 9.47 Å². The Hall–Kier alpha value is -6.90. The summed E-state index contributed by atoms with van der Waals surface area (Å²) in [6, 6.07) is 66.9. The van der Waals surface area contributed by atoms with Gasteiger partial charge in [-0.15, -0.1) is 0 Å². The summed E-state index contributed by atoms with van der Waals surface area (Å²) in [5.41, 5.74) is 17.9. The summed E-state index contributed by atoms with van der Waals surface area (Å²) in [5.74, 6) is 0. The van der Waals surface area contributed by atoms with Crippen molar-refractivity contribution in [3.05, 3.63) is 217 Å². The van der Waals surface area contributed by atoms with Crippen molar-refractivity contribution in [3.8, 4) is 27.9 Å². The molecule has 0 amide bonds. The minimum atomic E-state index is -0.0696. The maximum absolute atomic E-state index is 2.50. The highest BCUT2D eigenvalue weighted by Crippen LogP contribution is 2.51. The number of anilines is 2. The molecule has 0 fully saturated rings. The van der Waals surface area contributed by atoms with Crippen molar-refractivity contribution in [2.45, 2.75) is 32.1 Å². The number of nitrogens with zero attached hydrogens (tertiary/aromatic N) is 2. The van der Waals surface area contributed by atoms with E-state index in [0.717, 1.165) is 12.8 Å².